The van der Waals surface area contributed by atoms with E-state index in [1.165, 1.54) is 16.2 Å². The van der Waals surface area contributed by atoms with Crippen molar-refractivity contribution < 1.29 is 13.3 Å². The van der Waals surface area contributed by atoms with Gasteiger partial charge in [-0.3, -0.25) is 0 Å². The Kier molecular flexibility index (Phi) is 11.6. The van der Waals surface area contributed by atoms with Crippen LogP contribution in [0.3, 0.4) is 0 Å². The van der Waals surface area contributed by atoms with Gasteiger partial charge in [0.05, 0.1) is 18.3 Å². The summed E-state index contributed by atoms with van der Waals surface area (Å²) in [5, 5.41) is 3.11. The lowest BCUT2D eigenvalue weighted by molar-refractivity contribution is -0.0502. The predicted octanol–water partition coefficient (Wildman–Crippen LogP) is 9.84. The van der Waals surface area contributed by atoms with Gasteiger partial charge in [0, 0.05) is 0 Å². The van der Waals surface area contributed by atoms with Crippen molar-refractivity contribution in [1.29, 1.82) is 0 Å². The van der Waals surface area contributed by atoms with Crippen LogP contribution in [0, 0.1) is 0 Å². The van der Waals surface area contributed by atoms with Crippen LogP contribution in [0.1, 0.15) is 54.4 Å². The van der Waals surface area contributed by atoms with Crippen LogP contribution in [0.15, 0.2) is 72.3 Å². The van der Waals surface area contributed by atoms with E-state index in [1.807, 2.05) is 0 Å². The van der Waals surface area contributed by atoms with Gasteiger partial charge >= 0.3 is 0 Å². The molecule has 3 nitrogen and oxygen atoms in total. The molecule has 7 heteroatoms. The summed E-state index contributed by atoms with van der Waals surface area (Å²) in [6.07, 6.45) is 5.39. The molecular formula is C35H59O3PSi3. The van der Waals surface area contributed by atoms with E-state index in [2.05, 4.69) is 154 Å². The topological polar surface area (TPSA) is 27.7 Å². The first-order valence-electron chi connectivity index (χ1n) is 15.8. The first-order valence-corrected chi connectivity index (χ1v) is 26.5. The van der Waals surface area contributed by atoms with Gasteiger partial charge in [0.15, 0.2) is 25.0 Å². The zero-order valence-electron chi connectivity index (χ0n) is 28.9. The van der Waals surface area contributed by atoms with Crippen molar-refractivity contribution in [3.63, 3.8) is 0 Å². The predicted molar refractivity (Wildman–Crippen MR) is 194 cm³/mol. The van der Waals surface area contributed by atoms with E-state index < -0.39 is 32.9 Å². The van der Waals surface area contributed by atoms with Crippen LogP contribution >= 0.6 is 7.92 Å². The summed E-state index contributed by atoms with van der Waals surface area (Å²) in [4.78, 5) is 0. The largest absolute Gasteiger partial charge is 0.411 e. The molecular weight excluding hydrogens is 584 g/mol. The van der Waals surface area contributed by atoms with E-state index in [-0.39, 0.29) is 28.4 Å². The molecule has 0 heterocycles. The smallest absolute Gasteiger partial charge is 0.192 e. The molecule has 0 aliphatic heterocycles. The second kappa shape index (κ2) is 13.6. The van der Waals surface area contributed by atoms with Crippen molar-refractivity contribution in [1.82, 2.24) is 0 Å². The number of benzene rings is 2. The molecule has 0 radical (unpaired) electrons. The Labute approximate surface area is 263 Å². The Bertz CT molecular complexity index is 1080. The monoisotopic (exact) mass is 642 g/mol. The molecule has 0 saturated heterocycles. The van der Waals surface area contributed by atoms with Crippen LogP contribution in [-0.2, 0) is 13.3 Å². The van der Waals surface area contributed by atoms with E-state index in [4.69, 9.17) is 13.3 Å². The maximum atomic E-state index is 7.27. The molecule has 0 amide bonds. The maximum absolute atomic E-state index is 7.27. The molecule has 234 valence electrons. The lowest BCUT2D eigenvalue weighted by atomic mass is 9.88. The fourth-order valence-corrected chi connectivity index (χ4v) is 10.9. The van der Waals surface area contributed by atoms with Gasteiger partial charge in [0.1, 0.15) is 0 Å². The maximum Gasteiger partial charge on any atom is 0.192 e. The first kappa shape index (κ1) is 35.6. The standard InChI is InChI=1S/C35H59O3PSi3/c1-34(2,3)41(10,11)36-31-26-28(24-25-39(29-20-16-14-17-21-29)30-22-18-15-19-23-30)27-32(33(31)38-40(7,8)9)37-42(12,13)35(4,5)6/h14-24,31-33H,25-27H2,1-13H3/t31-,32-,33?/m1/s1. The van der Waals surface area contributed by atoms with Crippen LogP contribution in [0.5, 0.6) is 0 Å². The molecule has 1 saturated carbocycles. The van der Waals surface area contributed by atoms with Crippen LogP contribution < -0.4 is 10.6 Å². The highest BCUT2D eigenvalue weighted by molar-refractivity contribution is 7.73. The van der Waals surface area contributed by atoms with Crippen molar-refractivity contribution >= 4 is 43.5 Å². The molecule has 0 aromatic heterocycles. The zero-order chi connectivity index (χ0) is 31.6. The number of allylic oxidation sites excluding steroid dienone is 1. The van der Waals surface area contributed by atoms with Crippen molar-refractivity contribution in [3.05, 3.63) is 72.3 Å². The summed E-state index contributed by atoms with van der Waals surface area (Å²) < 4.78 is 21.6. The number of hydrogen-bond acceptors (Lipinski definition) is 3. The summed E-state index contributed by atoms with van der Waals surface area (Å²) in [6.45, 7) is 30.5. The number of hydrogen-bond donors (Lipinski definition) is 0. The van der Waals surface area contributed by atoms with Gasteiger partial charge < -0.3 is 13.3 Å². The average molecular weight is 643 g/mol. The van der Waals surface area contributed by atoms with Crippen molar-refractivity contribution in [2.75, 3.05) is 6.16 Å². The molecule has 1 aliphatic carbocycles. The molecule has 0 bridgehead atoms. The minimum Gasteiger partial charge on any atom is -0.411 e. The molecule has 0 N–H and O–H groups in total. The van der Waals surface area contributed by atoms with Gasteiger partial charge in [-0.05, 0) is 93.4 Å². The molecule has 1 fully saturated rings. The van der Waals surface area contributed by atoms with Gasteiger partial charge in [-0.15, -0.1) is 0 Å². The van der Waals surface area contributed by atoms with E-state index in [9.17, 15) is 0 Å². The first-order chi connectivity index (χ1) is 19.2. The Hall–Kier alpha value is -0.859. The third kappa shape index (κ3) is 9.57. The van der Waals surface area contributed by atoms with E-state index in [0.717, 1.165) is 19.0 Å². The van der Waals surface area contributed by atoms with Gasteiger partial charge in [0.25, 0.3) is 0 Å². The van der Waals surface area contributed by atoms with Crippen molar-refractivity contribution in [3.8, 4) is 0 Å². The van der Waals surface area contributed by atoms with Crippen LogP contribution in [0.2, 0.25) is 55.9 Å². The lowest BCUT2D eigenvalue weighted by Gasteiger charge is -2.50. The summed E-state index contributed by atoms with van der Waals surface area (Å²) in [6, 6.07) is 22.1. The van der Waals surface area contributed by atoms with Crippen LogP contribution in [0.4, 0.5) is 0 Å². The molecule has 2 aromatic carbocycles. The Morgan fingerprint density at radius 3 is 1.36 bits per heavy atom. The SMILES string of the molecule is CC(C)(C)[Si](C)(C)O[C@@H]1CC(=CCP(c2ccccc2)c2ccccc2)C[C@@H](O[Si](C)(C)C(C)(C)C)C1O[Si](C)(C)C. The van der Waals surface area contributed by atoms with Crippen molar-refractivity contribution in [2.45, 2.75) is 129 Å². The van der Waals surface area contributed by atoms with Crippen LogP contribution in [0.25, 0.3) is 0 Å². The molecule has 0 unspecified atom stereocenters. The Balaban J connectivity index is 2.05. The summed E-state index contributed by atoms with van der Waals surface area (Å²) in [5.74, 6) is 0. The molecule has 2 atom stereocenters. The highest BCUT2D eigenvalue weighted by atomic mass is 31.1. The van der Waals surface area contributed by atoms with E-state index in [1.54, 1.807) is 0 Å². The van der Waals surface area contributed by atoms with E-state index >= 15 is 0 Å². The molecule has 42 heavy (non-hydrogen) atoms. The van der Waals surface area contributed by atoms with Crippen molar-refractivity contribution in [2.24, 2.45) is 0 Å². The highest BCUT2D eigenvalue weighted by Gasteiger charge is 2.49. The van der Waals surface area contributed by atoms with E-state index in [0.29, 0.717) is 0 Å². The zero-order valence-corrected chi connectivity index (χ0v) is 32.8. The third-order valence-electron chi connectivity index (χ3n) is 9.35. The quantitative estimate of drug-likeness (QED) is 0.147. The second-order valence-corrected chi connectivity index (χ2v) is 32.3. The molecule has 2 aromatic rings. The average Bonchev–Trinajstić information content (AvgIpc) is 2.85. The minimum absolute atomic E-state index is 0.00654. The fraction of sp³-hybridized carbons (Fsp3) is 0.600. The molecule has 3 rings (SSSR count). The summed E-state index contributed by atoms with van der Waals surface area (Å²) >= 11 is 0. The molecule has 0 spiro atoms. The second-order valence-electron chi connectivity index (χ2n) is 16.1. The molecule has 1 aliphatic rings. The Morgan fingerprint density at radius 2 is 1.02 bits per heavy atom. The fourth-order valence-electron chi connectivity index (χ4n) is 4.92. The van der Waals surface area contributed by atoms with Gasteiger partial charge in [-0.2, -0.15) is 0 Å². The normalized spacial score (nSPS) is 21.1. The van der Waals surface area contributed by atoms with Gasteiger partial charge in [-0.25, -0.2) is 0 Å². The van der Waals surface area contributed by atoms with Gasteiger partial charge in [-0.1, -0.05) is 114 Å². The summed E-state index contributed by atoms with van der Waals surface area (Å²) in [7, 11) is -6.45. The highest BCUT2D eigenvalue weighted by Crippen LogP contribution is 2.45. The third-order valence-corrected chi connectivity index (χ3v) is 21.7. The number of rotatable bonds is 10. The van der Waals surface area contributed by atoms with Gasteiger partial charge in [0.2, 0.25) is 0 Å². The lowest BCUT2D eigenvalue weighted by Crippen LogP contribution is -2.58. The van der Waals surface area contributed by atoms with Crippen LogP contribution in [-0.4, -0.2) is 49.4 Å². The minimum atomic E-state index is -2.05. The Morgan fingerprint density at radius 1 is 0.643 bits per heavy atom. The summed E-state index contributed by atoms with van der Waals surface area (Å²) in [5.41, 5.74) is 1.47.